The molecule has 1 aliphatic heterocycles. The normalized spacial score (nSPS) is 21.5. The number of β-amino-alcohol motifs (C(OH)–C–C–N with tert-alkyl or cyclic N) is 1. The molecule has 0 radical (unpaired) electrons. The molecule has 0 aromatic heterocycles. The van der Waals surface area contributed by atoms with E-state index in [0.29, 0.717) is 6.54 Å². The van der Waals surface area contributed by atoms with Gasteiger partial charge in [-0.05, 0) is 38.4 Å². The summed E-state index contributed by atoms with van der Waals surface area (Å²) >= 11 is 0. The zero-order chi connectivity index (χ0) is 14.7. The van der Waals surface area contributed by atoms with Crippen LogP contribution in [0.25, 0.3) is 0 Å². The van der Waals surface area contributed by atoms with Crippen LogP contribution in [-0.4, -0.2) is 41.1 Å². The summed E-state index contributed by atoms with van der Waals surface area (Å²) in [4.78, 5) is 13.9. The van der Waals surface area contributed by atoms with Crippen molar-refractivity contribution in [1.82, 2.24) is 4.90 Å². The molecule has 6 heteroatoms. The SMILES string of the molecule is CC(C(=O)Nc1ccc(F)c(F)c1)N1CCCC(O)C1. The van der Waals surface area contributed by atoms with Gasteiger partial charge in [0.1, 0.15) is 0 Å². The van der Waals surface area contributed by atoms with Gasteiger partial charge in [-0.15, -0.1) is 0 Å². The fourth-order valence-electron chi connectivity index (χ4n) is 2.32. The quantitative estimate of drug-likeness (QED) is 0.889. The number of likely N-dealkylation sites (tertiary alicyclic amines) is 1. The molecular weight excluding hydrogens is 266 g/mol. The topological polar surface area (TPSA) is 52.6 Å². The third-order valence-electron chi connectivity index (χ3n) is 3.54. The number of nitrogens with zero attached hydrogens (tertiary/aromatic N) is 1. The van der Waals surface area contributed by atoms with Crippen LogP contribution < -0.4 is 5.32 Å². The Morgan fingerprint density at radius 2 is 2.20 bits per heavy atom. The molecule has 1 amide bonds. The molecule has 0 aliphatic carbocycles. The van der Waals surface area contributed by atoms with Crippen LogP contribution in [0.3, 0.4) is 0 Å². The second-order valence-corrected chi connectivity index (χ2v) is 5.09. The predicted octanol–water partition coefficient (Wildman–Crippen LogP) is 1.75. The maximum absolute atomic E-state index is 13.1. The first kappa shape index (κ1) is 14.9. The third kappa shape index (κ3) is 3.52. The zero-order valence-electron chi connectivity index (χ0n) is 11.3. The van der Waals surface area contributed by atoms with Crippen LogP contribution in [-0.2, 0) is 4.79 Å². The molecule has 4 nitrogen and oxygen atoms in total. The molecule has 2 unspecified atom stereocenters. The smallest absolute Gasteiger partial charge is 0.241 e. The number of anilines is 1. The molecule has 0 spiro atoms. The number of piperidine rings is 1. The highest BCUT2D eigenvalue weighted by molar-refractivity contribution is 5.94. The highest BCUT2D eigenvalue weighted by atomic mass is 19.2. The van der Waals surface area contributed by atoms with Gasteiger partial charge in [0.05, 0.1) is 12.1 Å². The lowest BCUT2D eigenvalue weighted by molar-refractivity contribution is -0.121. The number of halogens is 2. The fourth-order valence-corrected chi connectivity index (χ4v) is 2.32. The van der Waals surface area contributed by atoms with Crippen LogP contribution in [0.1, 0.15) is 19.8 Å². The molecule has 0 bridgehead atoms. The molecule has 1 aromatic carbocycles. The maximum Gasteiger partial charge on any atom is 0.241 e. The number of amides is 1. The number of carbonyl (C=O) groups excluding carboxylic acids is 1. The van der Waals surface area contributed by atoms with E-state index in [1.165, 1.54) is 6.07 Å². The molecule has 1 aromatic rings. The zero-order valence-corrected chi connectivity index (χ0v) is 11.3. The van der Waals surface area contributed by atoms with E-state index in [1.54, 1.807) is 6.92 Å². The minimum Gasteiger partial charge on any atom is -0.392 e. The number of aliphatic hydroxyl groups is 1. The lowest BCUT2D eigenvalue weighted by Crippen LogP contribution is -2.48. The molecule has 110 valence electrons. The molecule has 2 atom stereocenters. The summed E-state index contributed by atoms with van der Waals surface area (Å²) in [5.41, 5.74) is 0.221. The lowest BCUT2D eigenvalue weighted by atomic mass is 10.1. The van der Waals surface area contributed by atoms with Crippen molar-refractivity contribution in [1.29, 1.82) is 0 Å². The summed E-state index contributed by atoms with van der Waals surface area (Å²) in [5.74, 6) is -2.25. The van der Waals surface area contributed by atoms with Gasteiger partial charge in [-0.1, -0.05) is 0 Å². The standard InChI is InChI=1S/C14H18F2N2O2/c1-9(18-6-2-3-11(19)8-18)14(20)17-10-4-5-12(15)13(16)7-10/h4-5,7,9,11,19H,2-3,6,8H2,1H3,(H,17,20). The van der Waals surface area contributed by atoms with E-state index in [-0.39, 0.29) is 11.6 Å². The molecule has 2 rings (SSSR count). The van der Waals surface area contributed by atoms with Crippen LogP contribution >= 0.6 is 0 Å². The van der Waals surface area contributed by atoms with Crippen molar-refractivity contribution in [2.75, 3.05) is 18.4 Å². The van der Waals surface area contributed by atoms with E-state index >= 15 is 0 Å². The van der Waals surface area contributed by atoms with Gasteiger partial charge in [-0.3, -0.25) is 9.69 Å². The third-order valence-corrected chi connectivity index (χ3v) is 3.54. The van der Waals surface area contributed by atoms with Crippen LogP contribution in [0.5, 0.6) is 0 Å². The molecule has 1 saturated heterocycles. The Hall–Kier alpha value is -1.53. The molecule has 2 N–H and O–H groups in total. The van der Waals surface area contributed by atoms with E-state index in [2.05, 4.69) is 5.32 Å². The van der Waals surface area contributed by atoms with Gasteiger partial charge < -0.3 is 10.4 Å². The number of nitrogens with one attached hydrogen (secondary N) is 1. The number of hydrogen-bond acceptors (Lipinski definition) is 3. The Labute approximate surface area is 116 Å². The first-order valence-electron chi connectivity index (χ1n) is 6.65. The monoisotopic (exact) mass is 284 g/mol. The number of rotatable bonds is 3. The van der Waals surface area contributed by atoms with Gasteiger partial charge >= 0.3 is 0 Å². The Balaban J connectivity index is 1.98. The Morgan fingerprint density at radius 3 is 2.85 bits per heavy atom. The molecule has 1 fully saturated rings. The van der Waals surface area contributed by atoms with E-state index in [9.17, 15) is 18.7 Å². The van der Waals surface area contributed by atoms with Crippen LogP contribution in [0, 0.1) is 11.6 Å². The Morgan fingerprint density at radius 1 is 1.45 bits per heavy atom. The van der Waals surface area contributed by atoms with E-state index in [0.717, 1.165) is 31.5 Å². The van der Waals surface area contributed by atoms with Gasteiger partial charge in [-0.2, -0.15) is 0 Å². The van der Waals surface area contributed by atoms with Gasteiger partial charge in [0, 0.05) is 18.3 Å². The van der Waals surface area contributed by atoms with Gasteiger partial charge in [0.2, 0.25) is 5.91 Å². The highest BCUT2D eigenvalue weighted by Gasteiger charge is 2.26. The van der Waals surface area contributed by atoms with Gasteiger partial charge in [0.25, 0.3) is 0 Å². The largest absolute Gasteiger partial charge is 0.392 e. The Kier molecular flexibility index (Phi) is 4.67. The Bertz CT molecular complexity index is 496. The van der Waals surface area contributed by atoms with Gasteiger partial charge in [0.15, 0.2) is 11.6 Å². The van der Waals surface area contributed by atoms with E-state index in [4.69, 9.17) is 0 Å². The van der Waals surface area contributed by atoms with Crippen LogP contribution in [0.4, 0.5) is 14.5 Å². The molecular formula is C14H18F2N2O2. The minimum atomic E-state index is -0.996. The summed E-state index contributed by atoms with van der Waals surface area (Å²) in [5, 5.41) is 12.2. The highest BCUT2D eigenvalue weighted by Crippen LogP contribution is 2.16. The van der Waals surface area contributed by atoms with Crippen molar-refractivity contribution in [3.8, 4) is 0 Å². The average Bonchev–Trinajstić information content (AvgIpc) is 2.42. The minimum absolute atomic E-state index is 0.221. The van der Waals surface area contributed by atoms with Gasteiger partial charge in [-0.25, -0.2) is 8.78 Å². The van der Waals surface area contributed by atoms with E-state index in [1.807, 2.05) is 4.90 Å². The summed E-state index contributed by atoms with van der Waals surface area (Å²) in [6.07, 6.45) is 1.17. The van der Waals surface area contributed by atoms with Crippen molar-refractivity contribution < 1.29 is 18.7 Å². The summed E-state index contributed by atoms with van der Waals surface area (Å²) in [7, 11) is 0. The molecule has 1 aliphatic rings. The number of benzene rings is 1. The fraction of sp³-hybridized carbons (Fsp3) is 0.500. The summed E-state index contributed by atoms with van der Waals surface area (Å²) in [6.45, 7) is 2.92. The first-order chi connectivity index (χ1) is 9.47. The first-order valence-corrected chi connectivity index (χ1v) is 6.65. The maximum atomic E-state index is 13.1. The van der Waals surface area contributed by atoms with E-state index < -0.39 is 23.8 Å². The molecule has 0 saturated carbocycles. The summed E-state index contributed by atoms with van der Waals surface area (Å²) < 4.78 is 25.9. The van der Waals surface area contributed by atoms with Crippen LogP contribution in [0.2, 0.25) is 0 Å². The van der Waals surface area contributed by atoms with Crippen LogP contribution in [0.15, 0.2) is 18.2 Å². The number of hydrogen-bond donors (Lipinski definition) is 2. The number of aliphatic hydroxyl groups excluding tert-OH is 1. The number of carbonyl (C=O) groups is 1. The van der Waals surface area contributed by atoms with Crippen molar-refractivity contribution in [2.24, 2.45) is 0 Å². The lowest BCUT2D eigenvalue weighted by Gasteiger charge is -2.33. The van der Waals surface area contributed by atoms with Crippen molar-refractivity contribution >= 4 is 11.6 Å². The van der Waals surface area contributed by atoms with Crippen molar-refractivity contribution in [3.05, 3.63) is 29.8 Å². The second kappa shape index (κ2) is 6.28. The predicted molar refractivity (Wildman–Crippen MR) is 71.3 cm³/mol. The van der Waals surface area contributed by atoms with Crippen molar-refractivity contribution in [3.63, 3.8) is 0 Å². The molecule has 20 heavy (non-hydrogen) atoms. The average molecular weight is 284 g/mol. The molecule has 1 heterocycles. The summed E-state index contributed by atoms with van der Waals surface area (Å²) in [6, 6.07) is 2.80. The van der Waals surface area contributed by atoms with Crippen molar-refractivity contribution in [2.45, 2.75) is 31.9 Å². The second-order valence-electron chi connectivity index (χ2n) is 5.09.